The van der Waals surface area contributed by atoms with Crippen molar-refractivity contribution in [3.63, 3.8) is 0 Å². The van der Waals surface area contributed by atoms with Crippen molar-refractivity contribution in [3.8, 4) is 17.1 Å². The SMILES string of the molecule is Cl.c1cc(-c2nc3ccc(C4=NCCN4)cc3[nH]2)ccc1OCCN1CCOCC1. The summed E-state index contributed by atoms with van der Waals surface area (Å²) in [4.78, 5) is 15.0. The lowest BCUT2D eigenvalue weighted by molar-refractivity contribution is 0.0322. The van der Waals surface area contributed by atoms with E-state index in [9.17, 15) is 0 Å². The molecular formula is C22H26ClN5O2. The normalized spacial score (nSPS) is 16.7. The smallest absolute Gasteiger partial charge is 0.138 e. The Morgan fingerprint density at radius 1 is 1.03 bits per heavy atom. The molecule has 8 heteroatoms. The van der Waals surface area contributed by atoms with Gasteiger partial charge in [0.05, 0.1) is 30.8 Å². The van der Waals surface area contributed by atoms with Gasteiger partial charge in [0.25, 0.3) is 0 Å². The summed E-state index contributed by atoms with van der Waals surface area (Å²) < 4.78 is 11.3. The molecule has 7 nitrogen and oxygen atoms in total. The van der Waals surface area contributed by atoms with Crippen molar-refractivity contribution >= 4 is 29.3 Å². The van der Waals surface area contributed by atoms with Gasteiger partial charge in [0, 0.05) is 37.3 Å². The summed E-state index contributed by atoms with van der Waals surface area (Å²) in [5, 5.41) is 3.31. The van der Waals surface area contributed by atoms with Crippen molar-refractivity contribution in [3.05, 3.63) is 48.0 Å². The third-order valence-corrected chi connectivity index (χ3v) is 5.34. The van der Waals surface area contributed by atoms with E-state index in [2.05, 4.69) is 32.3 Å². The molecule has 0 bridgehead atoms. The second kappa shape index (κ2) is 9.47. The molecule has 1 fully saturated rings. The molecule has 1 saturated heterocycles. The van der Waals surface area contributed by atoms with E-state index in [1.807, 2.05) is 30.3 Å². The van der Waals surface area contributed by atoms with E-state index in [0.29, 0.717) is 6.61 Å². The molecule has 2 aromatic carbocycles. The molecule has 3 heterocycles. The summed E-state index contributed by atoms with van der Waals surface area (Å²) in [5.74, 6) is 2.70. The molecule has 0 amide bonds. The lowest BCUT2D eigenvalue weighted by atomic mass is 10.2. The van der Waals surface area contributed by atoms with Gasteiger partial charge in [-0.15, -0.1) is 12.4 Å². The van der Waals surface area contributed by atoms with E-state index < -0.39 is 0 Å². The number of amidine groups is 1. The molecule has 3 aromatic rings. The average Bonchev–Trinajstić information content (AvgIpc) is 3.44. The van der Waals surface area contributed by atoms with Crippen LogP contribution in [0.15, 0.2) is 47.5 Å². The van der Waals surface area contributed by atoms with Crippen molar-refractivity contribution in [2.24, 2.45) is 4.99 Å². The Kier molecular flexibility index (Phi) is 6.52. The van der Waals surface area contributed by atoms with Crippen LogP contribution in [0.3, 0.4) is 0 Å². The zero-order valence-electron chi connectivity index (χ0n) is 16.8. The number of morpholine rings is 1. The van der Waals surface area contributed by atoms with Crippen molar-refractivity contribution in [1.29, 1.82) is 0 Å². The van der Waals surface area contributed by atoms with Crippen molar-refractivity contribution in [2.45, 2.75) is 0 Å². The highest BCUT2D eigenvalue weighted by molar-refractivity contribution is 6.02. The minimum Gasteiger partial charge on any atom is -0.492 e. The highest BCUT2D eigenvalue weighted by atomic mass is 35.5. The van der Waals surface area contributed by atoms with E-state index in [0.717, 1.165) is 85.5 Å². The number of halogens is 1. The van der Waals surface area contributed by atoms with Gasteiger partial charge in [0.1, 0.15) is 24.0 Å². The molecule has 2 aliphatic rings. The quantitative estimate of drug-likeness (QED) is 0.632. The number of fused-ring (bicyclic) bond motifs is 1. The first-order valence-electron chi connectivity index (χ1n) is 10.2. The first-order chi connectivity index (χ1) is 14.3. The molecule has 2 N–H and O–H groups in total. The van der Waals surface area contributed by atoms with Crippen LogP contribution in [0.25, 0.3) is 22.4 Å². The Bertz CT molecular complexity index is 1010. The minimum absolute atomic E-state index is 0. The fourth-order valence-corrected chi connectivity index (χ4v) is 3.71. The number of hydrogen-bond acceptors (Lipinski definition) is 6. The van der Waals surface area contributed by atoms with Crippen LogP contribution in [0, 0.1) is 0 Å². The lowest BCUT2D eigenvalue weighted by Gasteiger charge is -2.26. The summed E-state index contributed by atoms with van der Waals surface area (Å²) in [6, 6.07) is 14.3. The molecule has 0 unspecified atom stereocenters. The van der Waals surface area contributed by atoms with Gasteiger partial charge in [-0.25, -0.2) is 4.98 Å². The Morgan fingerprint density at radius 3 is 2.60 bits per heavy atom. The molecule has 0 atom stereocenters. The fraction of sp³-hybridized carbons (Fsp3) is 0.364. The molecular weight excluding hydrogens is 402 g/mol. The zero-order chi connectivity index (χ0) is 19.5. The highest BCUT2D eigenvalue weighted by Gasteiger charge is 2.12. The van der Waals surface area contributed by atoms with Crippen LogP contribution >= 0.6 is 12.4 Å². The zero-order valence-corrected chi connectivity index (χ0v) is 17.6. The Balaban J connectivity index is 0.00000218. The number of aromatic nitrogens is 2. The van der Waals surface area contributed by atoms with E-state index in [-0.39, 0.29) is 12.4 Å². The number of nitrogens with zero attached hydrogens (tertiary/aromatic N) is 3. The Morgan fingerprint density at radius 2 is 1.83 bits per heavy atom. The molecule has 5 rings (SSSR count). The van der Waals surface area contributed by atoms with Crippen LogP contribution in [0.2, 0.25) is 0 Å². The van der Waals surface area contributed by atoms with Crippen molar-refractivity contribution < 1.29 is 9.47 Å². The van der Waals surface area contributed by atoms with Crippen LogP contribution in [0.4, 0.5) is 0 Å². The van der Waals surface area contributed by atoms with Crippen LogP contribution in [0.5, 0.6) is 5.75 Å². The summed E-state index contributed by atoms with van der Waals surface area (Å²) in [6.45, 7) is 6.96. The second-order valence-electron chi connectivity index (χ2n) is 7.30. The third kappa shape index (κ3) is 4.59. The summed E-state index contributed by atoms with van der Waals surface area (Å²) in [5.41, 5.74) is 4.10. The van der Waals surface area contributed by atoms with Gasteiger partial charge in [-0.2, -0.15) is 0 Å². The molecule has 0 saturated carbocycles. The Hall–Kier alpha value is -2.61. The molecule has 0 radical (unpaired) electrons. The maximum absolute atomic E-state index is 5.90. The van der Waals surface area contributed by atoms with Gasteiger partial charge < -0.3 is 19.8 Å². The van der Waals surface area contributed by atoms with Crippen molar-refractivity contribution in [2.75, 3.05) is 52.5 Å². The number of H-pyrrole nitrogens is 1. The third-order valence-electron chi connectivity index (χ3n) is 5.34. The van der Waals surface area contributed by atoms with Gasteiger partial charge >= 0.3 is 0 Å². The van der Waals surface area contributed by atoms with Gasteiger partial charge in [0.15, 0.2) is 0 Å². The first kappa shape index (κ1) is 20.7. The molecule has 158 valence electrons. The largest absolute Gasteiger partial charge is 0.492 e. The highest BCUT2D eigenvalue weighted by Crippen LogP contribution is 2.24. The summed E-state index contributed by atoms with van der Waals surface area (Å²) >= 11 is 0. The molecule has 30 heavy (non-hydrogen) atoms. The van der Waals surface area contributed by atoms with Crippen LogP contribution in [-0.2, 0) is 4.74 Å². The number of aliphatic imine (C=N–C) groups is 1. The summed E-state index contributed by atoms with van der Waals surface area (Å²) in [6.07, 6.45) is 0. The first-order valence-corrected chi connectivity index (χ1v) is 10.2. The average molecular weight is 428 g/mol. The van der Waals surface area contributed by atoms with Crippen LogP contribution in [-0.4, -0.2) is 73.2 Å². The summed E-state index contributed by atoms with van der Waals surface area (Å²) in [7, 11) is 0. The molecule has 1 aromatic heterocycles. The number of hydrogen-bond donors (Lipinski definition) is 2. The topological polar surface area (TPSA) is 74.8 Å². The Labute approximate surface area is 181 Å². The number of rotatable bonds is 6. The van der Waals surface area contributed by atoms with Crippen molar-refractivity contribution in [1.82, 2.24) is 20.2 Å². The fourth-order valence-electron chi connectivity index (χ4n) is 3.71. The van der Waals surface area contributed by atoms with E-state index in [1.165, 1.54) is 0 Å². The number of ether oxygens (including phenoxy) is 2. The lowest BCUT2D eigenvalue weighted by Crippen LogP contribution is -2.38. The second-order valence-corrected chi connectivity index (χ2v) is 7.30. The van der Waals surface area contributed by atoms with E-state index in [1.54, 1.807) is 0 Å². The monoisotopic (exact) mass is 427 g/mol. The number of imidazole rings is 1. The number of aromatic amines is 1. The minimum atomic E-state index is 0. The van der Waals surface area contributed by atoms with Gasteiger partial charge in [-0.1, -0.05) is 0 Å². The standard InChI is InChI=1S/C22H25N5O2.ClH/c1-4-18(29-14-11-27-9-12-28-13-10-27)5-2-16(1)22-25-19-6-3-17(15-20(19)26-22)21-23-7-8-24-21;/h1-6,15H,7-14H2,(H,23,24)(H,25,26);1H. The maximum Gasteiger partial charge on any atom is 0.138 e. The predicted octanol–water partition coefficient (Wildman–Crippen LogP) is 2.71. The molecule has 2 aliphatic heterocycles. The van der Waals surface area contributed by atoms with E-state index >= 15 is 0 Å². The van der Waals surface area contributed by atoms with Crippen LogP contribution < -0.4 is 10.1 Å². The van der Waals surface area contributed by atoms with E-state index in [4.69, 9.17) is 14.5 Å². The van der Waals surface area contributed by atoms with Gasteiger partial charge in [0.2, 0.25) is 0 Å². The van der Waals surface area contributed by atoms with Crippen LogP contribution in [0.1, 0.15) is 5.56 Å². The van der Waals surface area contributed by atoms with Gasteiger partial charge in [-0.05, 0) is 42.5 Å². The maximum atomic E-state index is 5.90. The molecule has 0 aliphatic carbocycles. The predicted molar refractivity (Wildman–Crippen MR) is 121 cm³/mol. The molecule has 0 spiro atoms. The number of nitrogens with one attached hydrogen (secondary N) is 2. The van der Waals surface area contributed by atoms with Gasteiger partial charge in [-0.3, -0.25) is 9.89 Å². The number of benzene rings is 2.